The quantitative estimate of drug-likeness (QED) is 0.570. The summed E-state index contributed by atoms with van der Waals surface area (Å²) in [6.45, 7) is 3.40. The third-order valence-corrected chi connectivity index (χ3v) is 1.45. The van der Waals surface area contributed by atoms with Crippen molar-refractivity contribution in [1.29, 1.82) is 0 Å². The predicted octanol–water partition coefficient (Wildman–Crippen LogP) is 0.353. The number of amides is 1. The first kappa shape index (κ1) is 9.14. The average molecular weight is 142 g/mol. The highest BCUT2D eigenvalue weighted by molar-refractivity contribution is 5.79. The fourth-order valence-corrected chi connectivity index (χ4v) is 0.544. The molecule has 0 saturated heterocycles. The van der Waals surface area contributed by atoms with Crippen LogP contribution in [0.3, 0.4) is 0 Å². The molecule has 10 heavy (non-hydrogen) atoms. The van der Waals surface area contributed by atoms with Crippen LogP contribution in [0.4, 0.5) is 0 Å². The molecule has 0 rings (SSSR count). The summed E-state index contributed by atoms with van der Waals surface area (Å²) in [5.74, 6) is -0.0316. The highest BCUT2D eigenvalue weighted by atomic mass is 16.2. The summed E-state index contributed by atoms with van der Waals surface area (Å²) in [4.78, 5) is 22.3. The van der Waals surface area contributed by atoms with Gasteiger partial charge in [-0.3, -0.25) is 9.59 Å². The Morgan fingerprint density at radius 2 is 2.20 bits per heavy atom. The monoisotopic (exact) mass is 142 g/mol. The van der Waals surface area contributed by atoms with Gasteiger partial charge in [-0.05, 0) is 6.92 Å². The largest absolute Gasteiger partial charge is 0.336 e. The topological polar surface area (TPSA) is 37.4 Å². The zero-order valence-electron chi connectivity index (χ0n) is 6.55. The Kier molecular flexibility index (Phi) is 3.69. The number of carbonyl (C=O) groups excluding carboxylic acids is 2. The first-order valence-corrected chi connectivity index (χ1v) is 3.26. The van der Waals surface area contributed by atoms with Gasteiger partial charge in [-0.25, -0.2) is 0 Å². The lowest BCUT2D eigenvalue weighted by molar-refractivity contribution is -0.130. The van der Waals surface area contributed by atoms with Crippen LogP contribution in [0.25, 0.3) is 0 Å². The highest BCUT2D eigenvalue weighted by Crippen LogP contribution is 1.94. The Balaban J connectivity index is 3.93. The molecule has 0 spiro atoms. The second kappa shape index (κ2) is 4.04. The molecule has 0 heterocycles. The minimum atomic E-state index is -0.424. The van der Waals surface area contributed by atoms with Crippen molar-refractivity contribution in [2.45, 2.75) is 26.3 Å². The van der Waals surface area contributed by atoms with Crippen LogP contribution in [0.5, 0.6) is 0 Å². The van der Waals surface area contributed by atoms with E-state index in [9.17, 15) is 9.59 Å². The van der Waals surface area contributed by atoms with Gasteiger partial charge in [0.2, 0.25) is 12.2 Å². The Morgan fingerprint density at radius 1 is 1.70 bits per heavy atom. The number of nitrogens with zero attached hydrogens (tertiary/aromatic N) is 1. The van der Waals surface area contributed by atoms with Gasteiger partial charge in [-0.2, -0.15) is 0 Å². The Bertz CT molecular complexity index is 134. The lowest BCUT2D eigenvalue weighted by Gasteiger charge is -2.18. The van der Waals surface area contributed by atoms with Crippen molar-refractivity contribution in [2.24, 2.45) is 0 Å². The Hall–Kier alpha value is -0.860. The van der Waals surface area contributed by atoms with E-state index in [0.717, 1.165) is 0 Å². The third kappa shape index (κ3) is 2.17. The third-order valence-electron chi connectivity index (χ3n) is 1.45. The van der Waals surface area contributed by atoms with Crippen molar-refractivity contribution in [3.05, 3.63) is 0 Å². The summed E-state index contributed by atoms with van der Waals surface area (Å²) < 4.78 is 0. The van der Waals surface area contributed by atoms with Gasteiger partial charge in [0.05, 0.1) is 6.04 Å². The number of hydrogen-bond donors (Lipinski definition) is 0. The minimum absolute atomic E-state index is 0.0316. The lowest BCUT2D eigenvalue weighted by Crippen LogP contribution is -2.35. The Labute approximate surface area is 61.0 Å². The van der Waals surface area contributed by atoms with Gasteiger partial charge in [0, 0.05) is 13.5 Å². The SMILES string of the molecule is CCC(=O)N(C)[C@@H](C)[C]=O. The molecule has 0 unspecified atom stereocenters. The van der Waals surface area contributed by atoms with Crippen molar-refractivity contribution >= 4 is 12.2 Å². The summed E-state index contributed by atoms with van der Waals surface area (Å²) in [5, 5.41) is 0. The van der Waals surface area contributed by atoms with E-state index in [1.54, 1.807) is 27.2 Å². The molecule has 3 nitrogen and oxygen atoms in total. The predicted molar refractivity (Wildman–Crippen MR) is 38.2 cm³/mol. The van der Waals surface area contributed by atoms with Crippen molar-refractivity contribution < 1.29 is 9.59 Å². The number of likely N-dealkylation sites (N-methyl/N-ethyl adjacent to an activating group) is 1. The molecule has 0 aliphatic carbocycles. The van der Waals surface area contributed by atoms with E-state index in [2.05, 4.69) is 0 Å². The van der Waals surface area contributed by atoms with Gasteiger partial charge in [0.1, 0.15) is 0 Å². The summed E-state index contributed by atoms with van der Waals surface area (Å²) in [5.41, 5.74) is 0. The molecule has 0 aromatic rings. The van der Waals surface area contributed by atoms with Crippen LogP contribution in [-0.2, 0) is 9.59 Å². The number of hydrogen-bond acceptors (Lipinski definition) is 2. The van der Waals surface area contributed by atoms with Gasteiger partial charge < -0.3 is 4.90 Å². The molecule has 0 N–H and O–H groups in total. The van der Waals surface area contributed by atoms with E-state index in [4.69, 9.17) is 0 Å². The molecule has 57 valence electrons. The fraction of sp³-hybridized carbons (Fsp3) is 0.714. The smallest absolute Gasteiger partial charge is 0.222 e. The molecule has 3 heteroatoms. The second-order valence-electron chi connectivity index (χ2n) is 2.15. The Morgan fingerprint density at radius 3 is 2.50 bits per heavy atom. The zero-order valence-corrected chi connectivity index (χ0v) is 6.55. The zero-order chi connectivity index (χ0) is 8.15. The van der Waals surface area contributed by atoms with Crippen LogP contribution in [0.1, 0.15) is 20.3 Å². The van der Waals surface area contributed by atoms with E-state index >= 15 is 0 Å². The maximum Gasteiger partial charge on any atom is 0.222 e. The minimum Gasteiger partial charge on any atom is -0.336 e. The molecule has 0 aromatic heterocycles. The molecule has 1 radical (unpaired) electrons. The van der Waals surface area contributed by atoms with E-state index in [1.807, 2.05) is 0 Å². The van der Waals surface area contributed by atoms with Crippen molar-refractivity contribution in [3.63, 3.8) is 0 Å². The molecule has 0 bridgehead atoms. The van der Waals surface area contributed by atoms with E-state index in [0.29, 0.717) is 6.42 Å². The van der Waals surface area contributed by atoms with Gasteiger partial charge in [-0.1, -0.05) is 6.92 Å². The highest BCUT2D eigenvalue weighted by Gasteiger charge is 2.12. The molecule has 0 aliphatic heterocycles. The van der Waals surface area contributed by atoms with E-state index in [1.165, 1.54) is 4.90 Å². The molecule has 0 aliphatic rings. The molecule has 0 aromatic carbocycles. The second-order valence-corrected chi connectivity index (χ2v) is 2.15. The van der Waals surface area contributed by atoms with Crippen molar-refractivity contribution in [3.8, 4) is 0 Å². The number of carbonyl (C=O) groups is 1. The summed E-state index contributed by atoms with van der Waals surface area (Å²) in [6.07, 6.45) is 2.17. The number of rotatable bonds is 3. The van der Waals surface area contributed by atoms with Gasteiger partial charge in [0.15, 0.2) is 0 Å². The van der Waals surface area contributed by atoms with Crippen molar-refractivity contribution in [1.82, 2.24) is 4.90 Å². The summed E-state index contributed by atoms with van der Waals surface area (Å²) in [6, 6.07) is -0.424. The van der Waals surface area contributed by atoms with E-state index in [-0.39, 0.29) is 5.91 Å². The summed E-state index contributed by atoms with van der Waals surface area (Å²) >= 11 is 0. The molecule has 1 amide bonds. The van der Waals surface area contributed by atoms with E-state index < -0.39 is 6.04 Å². The fourth-order valence-electron chi connectivity index (χ4n) is 0.544. The van der Waals surface area contributed by atoms with Crippen LogP contribution < -0.4 is 0 Å². The van der Waals surface area contributed by atoms with Crippen LogP contribution in [0, 0.1) is 0 Å². The molecule has 0 saturated carbocycles. The first-order chi connectivity index (χ1) is 4.63. The maximum atomic E-state index is 10.9. The standard InChI is InChI=1S/C7H12NO2/c1-4-7(10)8(3)6(2)5-9/h6H,4H2,1-3H3/t6-/m0/s1. The normalized spacial score (nSPS) is 12.3. The van der Waals surface area contributed by atoms with Crippen LogP contribution in [0.2, 0.25) is 0 Å². The lowest BCUT2D eigenvalue weighted by atomic mass is 10.3. The van der Waals surface area contributed by atoms with Crippen LogP contribution in [0.15, 0.2) is 0 Å². The molecular weight excluding hydrogens is 130 g/mol. The maximum absolute atomic E-state index is 10.9. The average Bonchev–Trinajstić information content (AvgIpc) is 2.00. The van der Waals surface area contributed by atoms with Crippen molar-refractivity contribution in [2.75, 3.05) is 7.05 Å². The summed E-state index contributed by atoms with van der Waals surface area (Å²) in [7, 11) is 1.60. The van der Waals surface area contributed by atoms with Gasteiger partial charge >= 0.3 is 0 Å². The van der Waals surface area contributed by atoms with Crippen LogP contribution >= 0.6 is 0 Å². The molecule has 1 atom stereocenters. The molecular formula is C7H12NO2. The van der Waals surface area contributed by atoms with Gasteiger partial charge in [0.25, 0.3) is 0 Å². The molecule has 0 fully saturated rings. The van der Waals surface area contributed by atoms with Crippen LogP contribution in [-0.4, -0.2) is 30.2 Å². The van der Waals surface area contributed by atoms with Gasteiger partial charge in [-0.15, -0.1) is 0 Å². The first-order valence-electron chi connectivity index (χ1n) is 3.26.